The zero-order chi connectivity index (χ0) is 20.9. The van der Waals surface area contributed by atoms with E-state index in [0.29, 0.717) is 23.7 Å². The summed E-state index contributed by atoms with van der Waals surface area (Å²) in [6.45, 7) is 0. The van der Waals surface area contributed by atoms with Gasteiger partial charge in [-0.25, -0.2) is 4.39 Å². The van der Waals surface area contributed by atoms with Gasteiger partial charge in [0.25, 0.3) is 0 Å². The van der Waals surface area contributed by atoms with Crippen LogP contribution < -0.4 is 0 Å². The van der Waals surface area contributed by atoms with Crippen LogP contribution in [0.15, 0.2) is 29.4 Å². The Kier molecular flexibility index (Phi) is 7.08. The highest BCUT2D eigenvalue weighted by atomic mass is 32.2. The van der Waals surface area contributed by atoms with Crippen LogP contribution in [0.2, 0.25) is 0 Å². The van der Waals surface area contributed by atoms with E-state index >= 15 is 0 Å². The lowest BCUT2D eigenvalue weighted by Gasteiger charge is -2.31. The minimum Gasteiger partial charge on any atom is -0.342 e. The minimum atomic E-state index is -0.274. The van der Waals surface area contributed by atoms with Crippen molar-refractivity contribution >= 4 is 17.7 Å². The number of hydrogen-bond acceptors (Lipinski definition) is 4. The van der Waals surface area contributed by atoms with Crippen LogP contribution in [0.1, 0.15) is 70.3 Å². The van der Waals surface area contributed by atoms with Crippen molar-refractivity contribution in [3.8, 4) is 11.4 Å². The summed E-state index contributed by atoms with van der Waals surface area (Å²) >= 11 is 1.47. The first kappa shape index (κ1) is 21.3. The molecular weight excluding hydrogens is 399 g/mol. The second-order valence-corrected chi connectivity index (χ2v) is 9.51. The summed E-state index contributed by atoms with van der Waals surface area (Å²) in [4.78, 5) is 14.8. The molecule has 2 aliphatic carbocycles. The molecule has 5 nitrogen and oxygen atoms in total. The molecule has 0 unspecified atom stereocenters. The molecule has 0 bridgehead atoms. The third kappa shape index (κ3) is 4.88. The second-order valence-electron chi connectivity index (χ2n) is 8.56. The molecule has 0 radical (unpaired) electrons. The third-order valence-corrected chi connectivity index (χ3v) is 7.46. The van der Waals surface area contributed by atoms with E-state index in [0.717, 1.165) is 36.4 Å². The van der Waals surface area contributed by atoms with Gasteiger partial charge in [0.05, 0.1) is 5.75 Å². The molecule has 0 spiro atoms. The van der Waals surface area contributed by atoms with Crippen molar-refractivity contribution in [2.24, 2.45) is 0 Å². The number of rotatable bonds is 6. The molecule has 1 amide bonds. The Labute approximate surface area is 182 Å². The number of benzene rings is 1. The second kappa shape index (κ2) is 9.94. The van der Waals surface area contributed by atoms with Crippen LogP contribution in [-0.4, -0.2) is 44.4 Å². The highest BCUT2D eigenvalue weighted by molar-refractivity contribution is 7.99. The number of amides is 1. The van der Waals surface area contributed by atoms with Gasteiger partial charge in [0.1, 0.15) is 5.82 Å². The average molecular weight is 431 g/mol. The molecular formula is C23H31FN4OS. The van der Waals surface area contributed by atoms with Crippen molar-refractivity contribution < 1.29 is 9.18 Å². The molecule has 2 saturated carbocycles. The van der Waals surface area contributed by atoms with Gasteiger partial charge in [0, 0.05) is 24.7 Å². The Balaban J connectivity index is 1.53. The zero-order valence-electron chi connectivity index (χ0n) is 17.7. The SMILES string of the molecule is CN(C(=O)CSc1nnc(-c2cccc(F)c2)n1C1CCCCC1)C1CCCCC1. The van der Waals surface area contributed by atoms with E-state index in [4.69, 9.17) is 0 Å². The quantitative estimate of drug-likeness (QED) is 0.570. The van der Waals surface area contributed by atoms with E-state index in [1.54, 1.807) is 6.07 Å². The van der Waals surface area contributed by atoms with Gasteiger partial charge in [-0.15, -0.1) is 10.2 Å². The maximum Gasteiger partial charge on any atom is 0.233 e. The van der Waals surface area contributed by atoms with E-state index in [-0.39, 0.29) is 11.7 Å². The van der Waals surface area contributed by atoms with Gasteiger partial charge in [0.15, 0.2) is 11.0 Å². The first-order valence-corrected chi connectivity index (χ1v) is 12.2. The zero-order valence-corrected chi connectivity index (χ0v) is 18.5. The average Bonchev–Trinajstić information content (AvgIpc) is 3.22. The van der Waals surface area contributed by atoms with Gasteiger partial charge >= 0.3 is 0 Å². The van der Waals surface area contributed by atoms with Gasteiger partial charge < -0.3 is 4.90 Å². The molecule has 4 rings (SSSR count). The van der Waals surface area contributed by atoms with E-state index in [9.17, 15) is 9.18 Å². The fourth-order valence-electron chi connectivity index (χ4n) is 4.77. The van der Waals surface area contributed by atoms with Crippen LogP contribution in [0.4, 0.5) is 4.39 Å². The maximum atomic E-state index is 13.8. The van der Waals surface area contributed by atoms with Crippen LogP contribution >= 0.6 is 11.8 Å². The fourth-order valence-corrected chi connectivity index (χ4v) is 5.70. The van der Waals surface area contributed by atoms with E-state index in [2.05, 4.69) is 14.8 Å². The first-order chi connectivity index (χ1) is 14.6. The number of nitrogens with zero attached hydrogens (tertiary/aromatic N) is 4. The molecule has 2 aliphatic rings. The smallest absolute Gasteiger partial charge is 0.233 e. The lowest BCUT2D eigenvalue weighted by molar-refractivity contribution is -0.129. The number of hydrogen-bond donors (Lipinski definition) is 0. The fraction of sp³-hybridized carbons (Fsp3) is 0.609. The Hall–Kier alpha value is -1.89. The monoisotopic (exact) mass is 430 g/mol. The number of carbonyl (C=O) groups excluding carboxylic acids is 1. The number of halogens is 1. The molecule has 30 heavy (non-hydrogen) atoms. The van der Waals surface area contributed by atoms with Crippen LogP contribution in [-0.2, 0) is 4.79 Å². The standard InChI is InChI=1S/C23H31FN4OS/c1-27(19-11-4-2-5-12-19)21(29)16-30-23-26-25-22(17-9-8-10-18(24)15-17)28(23)20-13-6-3-7-14-20/h8-10,15,19-20H,2-7,11-14,16H2,1H3. The van der Waals surface area contributed by atoms with Gasteiger partial charge in [0.2, 0.25) is 5.91 Å². The minimum absolute atomic E-state index is 0.150. The Morgan fingerprint density at radius 3 is 2.50 bits per heavy atom. The predicted molar refractivity (Wildman–Crippen MR) is 118 cm³/mol. The van der Waals surface area contributed by atoms with Gasteiger partial charge in [-0.2, -0.15) is 0 Å². The van der Waals surface area contributed by atoms with Crippen LogP contribution in [0, 0.1) is 5.82 Å². The molecule has 0 aliphatic heterocycles. The first-order valence-electron chi connectivity index (χ1n) is 11.2. The highest BCUT2D eigenvalue weighted by Crippen LogP contribution is 2.36. The predicted octanol–water partition coefficient (Wildman–Crippen LogP) is 5.47. The van der Waals surface area contributed by atoms with Crippen molar-refractivity contribution in [1.29, 1.82) is 0 Å². The van der Waals surface area contributed by atoms with E-state index in [1.807, 2.05) is 18.0 Å². The van der Waals surface area contributed by atoms with Gasteiger partial charge in [-0.3, -0.25) is 9.36 Å². The van der Waals surface area contributed by atoms with Crippen molar-refractivity contribution in [2.45, 2.75) is 81.4 Å². The Morgan fingerprint density at radius 2 is 1.80 bits per heavy atom. The molecule has 1 aromatic heterocycles. The van der Waals surface area contributed by atoms with Crippen molar-refractivity contribution in [3.05, 3.63) is 30.1 Å². The molecule has 1 heterocycles. The highest BCUT2D eigenvalue weighted by Gasteiger charge is 2.26. The summed E-state index contributed by atoms with van der Waals surface area (Å²) in [5.41, 5.74) is 0.741. The third-order valence-electron chi connectivity index (χ3n) is 6.53. The van der Waals surface area contributed by atoms with E-state index < -0.39 is 0 Å². The topological polar surface area (TPSA) is 51.0 Å². The van der Waals surface area contributed by atoms with Crippen LogP contribution in [0.25, 0.3) is 11.4 Å². The lowest BCUT2D eigenvalue weighted by atomic mass is 9.94. The summed E-state index contributed by atoms with van der Waals surface area (Å²) in [5, 5.41) is 9.61. The summed E-state index contributed by atoms with van der Waals surface area (Å²) in [5.74, 6) is 0.944. The summed E-state index contributed by atoms with van der Waals surface area (Å²) in [6.07, 6.45) is 11.7. The molecule has 2 aromatic rings. The molecule has 162 valence electrons. The summed E-state index contributed by atoms with van der Waals surface area (Å²) in [7, 11) is 1.93. The van der Waals surface area contributed by atoms with Crippen molar-refractivity contribution in [2.75, 3.05) is 12.8 Å². The lowest BCUT2D eigenvalue weighted by Crippen LogP contribution is -2.39. The number of thioether (sulfide) groups is 1. The van der Waals surface area contributed by atoms with Crippen molar-refractivity contribution in [3.63, 3.8) is 0 Å². The normalized spacial score (nSPS) is 18.5. The Bertz CT molecular complexity index is 859. The van der Waals surface area contributed by atoms with Gasteiger partial charge in [-0.05, 0) is 37.8 Å². The molecule has 0 atom stereocenters. The van der Waals surface area contributed by atoms with Crippen LogP contribution in [0.5, 0.6) is 0 Å². The summed E-state index contributed by atoms with van der Waals surface area (Å²) in [6, 6.07) is 7.22. The molecule has 0 N–H and O–H groups in total. The van der Waals surface area contributed by atoms with Gasteiger partial charge in [-0.1, -0.05) is 62.4 Å². The number of aromatic nitrogens is 3. The van der Waals surface area contributed by atoms with Crippen molar-refractivity contribution in [1.82, 2.24) is 19.7 Å². The Morgan fingerprint density at radius 1 is 1.10 bits per heavy atom. The molecule has 1 aromatic carbocycles. The molecule has 0 saturated heterocycles. The van der Waals surface area contributed by atoms with E-state index in [1.165, 1.54) is 62.4 Å². The summed E-state index contributed by atoms with van der Waals surface area (Å²) < 4.78 is 16.0. The number of carbonyl (C=O) groups is 1. The molecule has 2 fully saturated rings. The maximum absolute atomic E-state index is 13.8. The van der Waals surface area contributed by atoms with Crippen LogP contribution in [0.3, 0.4) is 0 Å². The largest absolute Gasteiger partial charge is 0.342 e. The molecule has 7 heteroatoms.